The molecular weight excluding hydrogens is 498 g/mol. The number of aryl methyl sites for hydroxylation is 2. The van der Waals surface area contributed by atoms with Crippen LogP contribution in [0.3, 0.4) is 0 Å². The number of sulfonamides is 1. The summed E-state index contributed by atoms with van der Waals surface area (Å²) in [6.07, 6.45) is 2.01. The first-order chi connectivity index (χ1) is 18.2. The number of benzene rings is 3. The first-order valence-electron chi connectivity index (χ1n) is 12.9. The fourth-order valence-corrected chi connectivity index (χ4v) is 5.35. The summed E-state index contributed by atoms with van der Waals surface area (Å²) in [6.45, 7) is 5.90. The fraction of sp³-hybridized carbons (Fsp3) is 0.333. The number of nitrogens with one attached hydrogen (secondary N) is 1. The standard InChI is InChI=1S/C30H37N3O4S/c1-5-25-17-12-13-19-27(25)33(38(4,36)37)22-29(34)32(21-26-18-11-10-14-23(26)3)28(30(35)31-6-2)20-24-15-8-7-9-16-24/h7-19,28H,5-6,20-22H2,1-4H3,(H,31,35)/t28-/m0/s1. The molecule has 202 valence electrons. The van der Waals surface area contributed by atoms with Crippen molar-refractivity contribution in [3.63, 3.8) is 0 Å². The fourth-order valence-electron chi connectivity index (χ4n) is 4.46. The molecule has 7 nitrogen and oxygen atoms in total. The van der Waals surface area contributed by atoms with Crippen LogP contribution in [0, 0.1) is 6.92 Å². The minimum absolute atomic E-state index is 0.174. The van der Waals surface area contributed by atoms with Crippen LogP contribution in [0.2, 0.25) is 0 Å². The maximum atomic E-state index is 14.1. The van der Waals surface area contributed by atoms with Crippen LogP contribution in [0.15, 0.2) is 78.9 Å². The topological polar surface area (TPSA) is 86.8 Å². The van der Waals surface area contributed by atoms with E-state index in [0.717, 1.165) is 32.8 Å². The van der Waals surface area contributed by atoms with Crippen LogP contribution < -0.4 is 9.62 Å². The van der Waals surface area contributed by atoms with E-state index >= 15 is 0 Å². The lowest BCUT2D eigenvalue weighted by molar-refractivity contribution is -0.140. The van der Waals surface area contributed by atoms with E-state index in [4.69, 9.17) is 0 Å². The highest BCUT2D eigenvalue weighted by Crippen LogP contribution is 2.25. The van der Waals surface area contributed by atoms with Gasteiger partial charge < -0.3 is 10.2 Å². The van der Waals surface area contributed by atoms with Crippen molar-refractivity contribution in [1.82, 2.24) is 10.2 Å². The summed E-state index contributed by atoms with van der Waals surface area (Å²) in [5, 5.41) is 2.87. The summed E-state index contributed by atoms with van der Waals surface area (Å²) in [7, 11) is -3.79. The van der Waals surface area contributed by atoms with Gasteiger partial charge in [-0.25, -0.2) is 8.42 Å². The molecule has 8 heteroatoms. The molecule has 3 rings (SSSR count). The monoisotopic (exact) mass is 535 g/mol. The first-order valence-corrected chi connectivity index (χ1v) is 14.7. The van der Waals surface area contributed by atoms with Crippen molar-refractivity contribution in [3.05, 3.63) is 101 Å². The van der Waals surface area contributed by atoms with Gasteiger partial charge in [-0.15, -0.1) is 0 Å². The molecule has 3 aromatic carbocycles. The predicted octanol–water partition coefficient (Wildman–Crippen LogP) is 4.10. The van der Waals surface area contributed by atoms with E-state index in [9.17, 15) is 18.0 Å². The molecule has 0 saturated carbocycles. The van der Waals surface area contributed by atoms with Crippen molar-refractivity contribution >= 4 is 27.5 Å². The highest BCUT2D eigenvalue weighted by molar-refractivity contribution is 7.92. The normalized spacial score (nSPS) is 12.0. The molecule has 0 aromatic heterocycles. The van der Waals surface area contributed by atoms with E-state index in [2.05, 4.69) is 5.32 Å². The SMILES string of the molecule is CCNC(=O)[C@H](Cc1ccccc1)N(Cc1ccccc1C)C(=O)CN(c1ccccc1CC)S(C)(=O)=O. The summed E-state index contributed by atoms with van der Waals surface area (Å²) in [5.74, 6) is -0.727. The van der Waals surface area contributed by atoms with Crippen molar-refractivity contribution in [2.45, 2.75) is 46.2 Å². The average Bonchev–Trinajstić information content (AvgIpc) is 2.90. The molecule has 38 heavy (non-hydrogen) atoms. The Labute approximate surface area is 226 Å². The second kappa shape index (κ2) is 13.2. The van der Waals surface area contributed by atoms with Crippen molar-refractivity contribution in [3.8, 4) is 0 Å². The molecule has 0 unspecified atom stereocenters. The molecule has 0 fully saturated rings. The number of rotatable bonds is 12. The van der Waals surface area contributed by atoms with Crippen molar-refractivity contribution in [2.75, 3.05) is 23.7 Å². The summed E-state index contributed by atoms with van der Waals surface area (Å²) in [4.78, 5) is 29.0. The summed E-state index contributed by atoms with van der Waals surface area (Å²) in [6, 6.07) is 23.6. The van der Waals surface area contributed by atoms with Gasteiger partial charge in [-0.2, -0.15) is 0 Å². The molecule has 2 amide bonds. The summed E-state index contributed by atoms with van der Waals surface area (Å²) in [5.41, 5.74) is 4.07. The number of amides is 2. The number of para-hydroxylation sites is 1. The van der Waals surface area contributed by atoms with Gasteiger partial charge in [0.2, 0.25) is 21.8 Å². The van der Waals surface area contributed by atoms with Gasteiger partial charge in [-0.05, 0) is 48.6 Å². The van der Waals surface area contributed by atoms with E-state index in [-0.39, 0.29) is 12.5 Å². The van der Waals surface area contributed by atoms with Crippen LogP contribution in [-0.2, 0) is 39.0 Å². The van der Waals surface area contributed by atoms with E-state index in [1.807, 2.05) is 87.5 Å². The average molecular weight is 536 g/mol. The maximum absolute atomic E-state index is 14.1. The Morgan fingerprint density at radius 3 is 2.08 bits per heavy atom. The number of hydrogen-bond acceptors (Lipinski definition) is 4. The van der Waals surface area contributed by atoms with Crippen LogP contribution in [0.4, 0.5) is 5.69 Å². The highest BCUT2D eigenvalue weighted by Gasteiger charge is 2.33. The van der Waals surface area contributed by atoms with Gasteiger partial charge in [0.15, 0.2) is 0 Å². The second-order valence-electron chi connectivity index (χ2n) is 9.30. The number of likely N-dealkylation sites (N-methyl/N-ethyl adjacent to an activating group) is 1. The molecule has 0 bridgehead atoms. The summed E-state index contributed by atoms with van der Waals surface area (Å²) < 4.78 is 27.0. The van der Waals surface area contributed by atoms with Crippen molar-refractivity contribution < 1.29 is 18.0 Å². The third kappa shape index (κ3) is 7.44. The Bertz CT molecular complexity index is 1340. The molecule has 3 aromatic rings. The van der Waals surface area contributed by atoms with Crippen LogP contribution in [-0.4, -0.2) is 50.5 Å². The third-order valence-electron chi connectivity index (χ3n) is 6.54. The molecule has 0 heterocycles. The van der Waals surface area contributed by atoms with Gasteiger partial charge in [0.25, 0.3) is 0 Å². The van der Waals surface area contributed by atoms with Gasteiger partial charge >= 0.3 is 0 Å². The zero-order valence-corrected chi connectivity index (χ0v) is 23.4. The molecule has 0 aliphatic heterocycles. The molecule has 0 saturated heterocycles. The zero-order valence-electron chi connectivity index (χ0n) is 22.6. The van der Waals surface area contributed by atoms with Gasteiger partial charge in [-0.3, -0.25) is 13.9 Å². The predicted molar refractivity (Wildman–Crippen MR) is 152 cm³/mol. The van der Waals surface area contributed by atoms with Crippen molar-refractivity contribution in [1.29, 1.82) is 0 Å². The quantitative estimate of drug-likeness (QED) is 0.378. The number of hydrogen-bond donors (Lipinski definition) is 1. The molecule has 0 aliphatic carbocycles. The molecule has 0 radical (unpaired) electrons. The highest BCUT2D eigenvalue weighted by atomic mass is 32.2. The van der Waals surface area contributed by atoms with Crippen molar-refractivity contribution in [2.24, 2.45) is 0 Å². The number of anilines is 1. The third-order valence-corrected chi connectivity index (χ3v) is 7.67. The van der Waals surface area contributed by atoms with Crippen LogP contribution in [0.25, 0.3) is 0 Å². The Balaban J connectivity index is 2.07. The summed E-state index contributed by atoms with van der Waals surface area (Å²) >= 11 is 0. The molecule has 0 aliphatic rings. The van der Waals surface area contributed by atoms with E-state index in [1.54, 1.807) is 12.1 Å². The van der Waals surface area contributed by atoms with Crippen LogP contribution >= 0.6 is 0 Å². The zero-order chi connectivity index (χ0) is 27.7. The minimum Gasteiger partial charge on any atom is -0.355 e. The lowest BCUT2D eigenvalue weighted by Crippen LogP contribution is -2.53. The molecule has 1 atom stereocenters. The van der Waals surface area contributed by atoms with Crippen LogP contribution in [0.1, 0.15) is 36.1 Å². The molecular formula is C30H37N3O4S. The van der Waals surface area contributed by atoms with Gasteiger partial charge in [-0.1, -0.05) is 79.7 Å². The van der Waals surface area contributed by atoms with Crippen LogP contribution in [0.5, 0.6) is 0 Å². The van der Waals surface area contributed by atoms with Gasteiger partial charge in [0.1, 0.15) is 12.6 Å². The van der Waals surface area contributed by atoms with E-state index in [1.165, 1.54) is 4.90 Å². The Kier molecular flexibility index (Phi) is 10.1. The largest absolute Gasteiger partial charge is 0.355 e. The lowest BCUT2D eigenvalue weighted by atomic mass is 10.0. The Morgan fingerprint density at radius 2 is 1.47 bits per heavy atom. The number of nitrogens with zero attached hydrogens (tertiary/aromatic N) is 2. The first kappa shape index (κ1) is 28.9. The maximum Gasteiger partial charge on any atom is 0.244 e. The van der Waals surface area contributed by atoms with Gasteiger partial charge in [0, 0.05) is 19.5 Å². The Morgan fingerprint density at radius 1 is 0.868 bits per heavy atom. The number of carbonyl (C=O) groups is 2. The molecule has 1 N–H and O–H groups in total. The van der Waals surface area contributed by atoms with E-state index < -0.39 is 28.5 Å². The molecule has 0 spiro atoms. The Hall–Kier alpha value is -3.65. The van der Waals surface area contributed by atoms with Gasteiger partial charge in [0.05, 0.1) is 11.9 Å². The minimum atomic E-state index is -3.79. The smallest absolute Gasteiger partial charge is 0.244 e. The second-order valence-corrected chi connectivity index (χ2v) is 11.2. The number of carbonyl (C=O) groups excluding carboxylic acids is 2. The lowest BCUT2D eigenvalue weighted by Gasteiger charge is -2.34. The van der Waals surface area contributed by atoms with E-state index in [0.29, 0.717) is 25.1 Å².